The number of rotatable bonds is 13. The quantitative estimate of drug-likeness (QED) is 0.408. The first kappa shape index (κ1) is 21.4. The lowest BCUT2D eigenvalue weighted by molar-refractivity contribution is 0.229. The van der Waals surface area contributed by atoms with E-state index in [1.807, 2.05) is 0 Å². The zero-order valence-corrected chi connectivity index (χ0v) is 16.4. The lowest BCUT2D eigenvalue weighted by Gasteiger charge is -2.34. The molecule has 130 valence electrons. The Bertz CT molecular complexity index is 334. The maximum atomic E-state index is 4.27. The number of unbranched alkanes of at least 4 members (excludes halogenated alkanes) is 1. The van der Waals surface area contributed by atoms with E-state index in [9.17, 15) is 0 Å². The Morgan fingerprint density at radius 2 is 1.91 bits per heavy atom. The third-order valence-electron chi connectivity index (χ3n) is 4.53. The van der Waals surface area contributed by atoms with Crippen LogP contribution in [0.4, 0.5) is 0 Å². The van der Waals surface area contributed by atoms with E-state index in [2.05, 4.69) is 70.5 Å². The summed E-state index contributed by atoms with van der Waals surface area (Å²) >= 11 is 4.25. The van der Waals surface area contributed by atoms with Crippen LogP contribution in [0, 0.1) is 11.3 Å². The maximum absolute atomic E-state index is 4.27. The zero-order chi connectivity index (χ0) is 17.0. The van der Waals surface area contributed by atoms with Gasteiger partial charge in [-0.25, -0.2) is 0 Å². The van der Waals surface area contributed by atoms with Crippen LogP contribution in [0.1, 0.15) is 66.7 Å². The Hall–Kier alpha value is -0.570. The highest BCUT2D eigenvalue weighted by Crippen LogP contribution is 2.35. The molecule has 0 saturated carbocycles. The molecule has 0 unspecified atom stereocenters. The van der Waals surface area contributed by atoms with Crippen molar-refractivity contribution in [2.75, 3.05) is 18.8 Å². The van der Waals surface area contributed by atoms with Gasteiger partial charge in [0.1, 0.15) is 0 Å². The predicted octanol–water partition coefficient (Wildman–Crippen LogP) is 5.15. The van der Waals surface area contributed by atoms with E-state index in [0.29, 0.717) is 11.3 Å². The van der Waals surface area contributed by atoms with Gasteiger partial charge in [0, 0.05) is 42.6 Å². The highest BCUT2D eigenvalue weighted by molar-refractivity contribution is 7.80. The molecule has 0 bridgehead atoms. The minimum atomic E-state index is 0.312. The molecule has 0 aliphatic carbocycles. The van der Waals surface area contributed by atoms with Crippen LogP contribution in [0.25, 0.3) is 0 Å². The van der Waals surface area contributed by atoms with Crippen LogP contribution in [0.2, 0.25) is 0 Å². The number of hydrogen-bond donors (Lipinski definition) is 3. The predicted molar refractivity (Wildman–Crippen MR) is 104 cm³/mol. The van der Waals surface area contributed by atoms with E-state index in [1.54, 1.807) is 0 Å². The van der Waals surface area contributed by atoms with Crippen LogP contribution in [0.5, 0.6) is 0 Å². The second-order valence-electron chi connectivity index (χ2n) is 6.80. The van der Waals surface area contributed by atoms with E-state index in [-0.39, 0.29) is 0 Å². The first-order valence-corrected chi connectivity index (χ1v) is 9.48. The molecule has 0 fully saturated rings. The van der Waals surface area contributed by atoms with E-state index >= 15 is 0 Å². The lowest BCUT2D eigenvalue weighted by Crippen LogP contribution is -2.30. The fourth-order valence-electron chi connectivity index (χ4n) is 2.56. The molecule has 0 aliphatic heterocycles. The van der Waals surface area contributed by atoms with Crippen LogP contribution in [-0.4, -0.2) is 18.8 Å². The summed E-state index contributed by atoms with van der Waals surface area (Å²) in [6.45, 7) is 17.6. The monoisotopic (exact) mass is 326 g/mol. The van der Waals surface area contributed by atoms with Crippen molar-refractivity contribution in [2.45, 2.75) is 66.7 Å². The Morgan fingerprint density at radius 1 is 1.23 bits per heavy atom. The van der Waals surface area contributed by atoms with Crippen LogP contribution in [-0.2, 0) is 0 Å². The van der Waals surface area contributed by atoms with Crippen LogP contribution in [0.15, 0.2) is 24.0 Å². The summed E-state index contributed by atoms with van der Waals surface area (Å²) in [5.74, 6) is 1.35. The van der Waals surface area contributed by atoms with Gasteiger partial charge in [-0.2, -0.15) is 12.6 Å². The third-order valence-corrected chi connectivity index (χ3v) is 4.75. The largest absolute Gasteiger partial charge is 0.388 e. The molecule has 0 amide bonds. The molecule has 0 spiro atoms. The van der Waals surface area contributed by atoms with Crippen molar-refractivity contribution in [3.63, 3.8) is 0 Å². The minimum Gasteiger partial charge on any atom is -0.388 e. The van der Waals surface area contributed by atoms with E-state index in [0.717, 1.165) is 31.7 Å². The van der Waals surface area contributed by atoms with E-state index in [1.165, 1.54) is 30.7 Å². The summed E-state index contributed by atoms with van der Waals surface area (Å²) < 4.78 is 0. The summed E-state index contributed by atoms with van der Waals surface area (Å²) in [6, 6.07) is 0. The van der Waals surface area contributed by atoms with Crippen molar-refractivity contribution in [2.24, 2.45) is 11.3 Å². The SMILES string of the molecule is C=C(NCCC(=CCC)NCCS)[C@@H](C)C(C)(C)CCCC. The van der Waals surface area contributed by atoms with Crippen LogP contribution >= 0.6 is 12.6 Å². The maximum Gasteiger partial charge on any atom is 0.0232 e. The van der Waals surface area contributed by atoms with Crippen molar-refractivity contribution in [1.29, 1.82) is 0 Å². The van der Waals surface area contributed by atoms with Gasteiger partial charge < -0.3 is 10.6 Å². The van der Waals surface area contributed by atoms with Gasteiger partial charge in [-0.05, 0) is 18.3 Å². The normalized spacial score (nSPS) is 13.8. The fourth-order valence-corrected chi connectivity index (χ4v) is 2.67. The molecule has 1 atom stereocenters. The summed E-state index contributed by atoms with van der Waals surface area (Å²) in [5, 5.41) is 6.98. The molecule has 0 aromatic rings. The van der Waals surface area contributed by atoms with Gasteiger partial charge in [0.05, 0.1) is 0 Å². The first-order valence-electron chi connectivity index (χ1n) is 8.85. The first-order chi connectivity index (χ1) is 10.4. The molecule has 0 saturated heterocycles. The van der Waals surface area contributed by atoms with Gasteiger partial charge in [0.15, 0.2) is 0 Å². The molecular weight excluding hydrogens is 288 g/mol. The Balaban J connectivity index is 4.27. The third kappa shape index (κ3) is 8.77. The molecule has 0 rings (SSSR count). The molecule has 2 N–H and O–H groups in total. The van der Waals surface area contributed by atoms with Gasteiger partial charge in [-0.1, -0.05) is 60.1 Å². The number of hydrogen-bond acceptors (Lipinski definition) is 3. The second-order valence-corrected chi connectivity index (χ2v) is 7.25. The summed E-state index contributed by atoms with van der Waals surface area (Å²) in [4.78, 5) is 0. The molecule has 0 aromatic heterocycles. The average Bonchev–Trinajstić information content (AvgIpc) is 2.49. The molecule has 0 aromatic carbocycles. The molecule has 22 heavy (non-hydrogen) atoms. The molecular formula is C19H38N2S. The number of allylic oxidation sites excluding steroid dienone is 2. The van der Waals surface area contributed by atoms with Gasteiger partial charge in [0.2, 0.25) is 0 Å². The minimum absolute atomic E-state index is 0.312. The topological polar surface area (TPSA) is 24.1 Å². The molecule has 2 nitrogen and oxygen atoms in total. The molecule has 0 radical (unpaired) electrons. The Labute approximate surface area is 144 Å². The van der Waals surface area contributed by atoms with Crippen molar-refractivity contribution >= 4 is 12.6 Å². The molecule has 0 aliphatic rings. The molecule has 3 heteroatoms. The van der Waals surface area contributed by atoms with Gasteiger partial charge in [-0.15, -0.1) is 0 Å². The fraction of sp³-hybridized carbons (Fsp3) is 0.789. The second kappa shape index (κ2) is 11.9. The highest BCUT2D eigenvalue weighted by Gasteiger charge is 2.27. The summed E-state index contributed by atoms with van der Waals surface area (Å²) in [5.41, 5.74) is 2.80. The van der Waals surface area contributed by atoms with Crippen LogP contribution < -0.4 is 10.6 Å². The van der Waals surface area contributed by atoms with Crippen molar-refractivity contribution in [3.8, 4) is 0 Å². The smallest absolute Gasteiger partial charge is 0.0232 e. The standard InChI is InChI=1S/C19H38N2S/c1-7-9-12-19(5,6)16(3)17(4)20-13-11-18(10-8-2)21-14-15-22/h10,16,20-22H,4,7-9,11-15H2,1-3,5-6H3/t16-/m1/s1. The van der Waals surface area contributed by atoms with Crippen molar-refractivity contribution in [1.82, 2.24) is 10.6 Å². The van der Waals surface area contributed by atoms with E-state index in [4.69, 9.17) is 0 Å². The lowest BCUT2D eigenvalue weighted by atomic mass is 9.75. The van der Waals surface area contributed by atoms with Gasteiger partial charge in [-0.3, -0.25) is 0 Å². The Kier molecular flexibility index (Phi) is 11.6. The van der Waals surface area contributed by atoms with Crippen LogP contribution in [0.3, 0.4) is 0 Å². The van der Waals surface area contributed by atoms with Gasteiger partial charge in [0.25, 0.3) is 0 Å². The van der Waals surface area contributed by atoms with E-state index < -0.39 is 0 Å². The van der Waals surface area contributed by atoms with Crippen molar-refractivity contribution in [3.05, 3.63) is 24.0 Å². The summed E-state index contributed by atoms with van der Waals surface area (Å²) in [6.07, 6.45) is 8.16. The zero-order valence-electron chi connectivity index (χ0n) is 15.5. The highest BCUT2D eigenvalue weighted by atomic mass is 32.1. The Morgan fingerprint density at radius 3 is 2.45 bits per heavy atom. The average molecular weight is 327 g/mol. The number of nitrogens with one attached hydrogen (secondary N) is 2. The van der Waals surface area contributed by atoms with Gasteiger partial charge >= 0.3 is 0 Å². The summed E-state index contributed by atoms with van der Waals surface area (Å²) in [7, 11) is 0. The van der Waals surface area contributed by atoms with Crippen molar-refractivity contribution < 1.29 is 0 Å². The molecule has 0 heterocycles. The number of thiol groups is 1.